The molecule has 0 spiro atoms. The topological polar surface area (TPSA) is 153 Å². The number of hydrogen-bond donors (Lipinski definition) is 2. The van der Waals surface area contributed by atoms with Crippen LogP contribution in [-0.4, -0.2) is 61.8 Å². The maximum absolute atomic E-state index is 15.5. The highest BCUT2D eigenvalue weighted by molar-refractivity contribution is 7.92. The number of pyridine rings is 1. The Morgan fingerprint density at radius 2 is 1.67 bits per heavy atom. The Hall–Kier alpha value is -5.24. The standard InChI is InChI=1S/C43H42ClF8N7O4S/c1-19-12-29(24-8-10-42(49,50)11-9-24)55-39-33(19)41(61)59(31-7-6-28(44)34(21(31)3)35(53)22(4)64(5,62)63)40(56-39)30(16-23-14-25(45)17-26(46)15-23)54-32(60)18-58-37-27(36(57-58)38(47)48)13-20(2)43(37,51)52/h6-7,12,14-15,17,20,22,24,30,38,53H,8-11,13,16,18H2,1-5H3,(H,54,60). The van der Waals surface area contributed by atoms with Crippen LogP contribution in [0.5, 0.6) is 0 Å². The summed E-state index contributed by atoms with van der Waals surface area (Å²) in [5, 5.41) is 13.6. The lowest BCUT2D eigenvalue weighted by Crippen LogP contribution is -2.38. The molecule has 3 aromatic heterocycles. The first-order valence-electron chi connectivity index (χ1n) is 20.2. The number of hydrogen-bond acceptors (Lipinski definition) is 8. The summed E-state index contributed by atoms with van der Waals surface area (Å²) < 4.78 is 144. The van der Waals surface area contributed by atoms with Gasteiger partial charge in [-0.15, -0.1) is 0 Å². The highest BCUT2D eigenvalue weighted by Gasteiger charge is 2.51. The minimum absolute atomic E-state index is 0.0398. The number of alkyl halides is 6. The Morgan fingerprint density at radius 3 is 2.28 bits per heavy atom. The van der Waals surface area contributed by atoms with Crippen LogP contribution in [0.25, 0.3) is 16.7 Å². The predicted octanol–water partition coefficient (Wildman–Crippen LogP) is 8.94. The van der Waals surface area contributed by atoms with Crippen molar-refractivity contribution < 1.29 is 48.3 Å². The molecule has 0 radical (unpaired) electrons. The van der Waals surface area contributed by atoms with Gasteiger partial charge in [0.05, 0.1) is 27.8 Å². The van der Waals surface area contributed by atoms with E-state index >= 15 is 13.6 Å². The van der Waals surface area contributed by atoms with Crippen LogP contribution < -0.4 is 10.9 Å². The molecule has 2 aliphatic carbocycles. The van der Waals surface area contributed by atoms with Crippen molar-refractivity contribution >= 4 is 44.1 Å². The molecule has 3 atom stereocenters. The molecule has 1 amide bonds. The summed E-state index contributed by atoms with van der Waals surface area (Å²) in [6, 6.07) is 5.07. The number of nitrogens with zero attached hydrogens (tertiary/aromatic N) is 5. The molecule has 0 saturated heterocycles. The highest BCUT2D eigenvalue weighted by atomic mass is 35.5. The van der Waals surface area contributed by atoms with E-state index in [1.54, 1.807) is 13.0 Å². The summed E-state index contributed by atoms with van der Waals surface area (Å²) >= 11 is 6.59. The molecule has 3 unspecified atom stereocenters. The zero-order valence-electron chi connectivity index (χ0n) is 35.0. The third-order valence-corrected chi connectivity index (χ3v) is 14.0. The van der Waals surface area contributed by atoms with Gasteiger partial charge in [-0.25, -0.2) is 44.7 Å². The van der Waals surface area contributed by atoms with E-state index in [4.69, 9.17) is 22.0 Å². The molecular weight excluding hydrogens is 898 g/mol. The second-order valence-electron chi connectivity index (χ2n) is 16.8. The van der Waals surface area contributed by atoms with Gasteiger partial charge in [0, 0.05) is 60.2 Å². The minimum Gasteiger partial charge on any atom is -0.344 e. The van der Waals surface area contributed by atoms with E-state index in [0.29, 0.717) is 22.0 Å². The van der Waals surface area contributed by atoms with E-state index in [1.165, 1.54) is 26.0 Å². The van der Waals surface area contributed by atoms with E-state index in [-0.39, 0.29) is 57.1 Å². The lowest BCUT2D eigenvalue weighted by Gasteiger charge is -2.28. The van der Waals surface area contributed by atoms with Gasteiger partial charge in [-0.2, -0.15) is 13.9 Å². The second-order valence-corrected chi connectivity index (χ2v) is 19.5. The third-order valence-electron chi connectivity index (χ3n) is 12.2. The van der Waals surface area contributed by atoms with Gasteiger partial charge in [-0.1, -0.05) is 18.5 Å². The number of sulfone groups is 1. The van der Waals surface area contributed by atoms with Crippen molar-refractivity contribution in [3.8, 4) is 5.69 Å². The van der Waals surface area contributed by atoms with Crippen LogP contribution in [0.3, 0.4) is 0 Å². The molecule has 1 fully saturated rings. The molecular formula is C43H42ClF8N7O4S. The van der Waals surface area contributed by atoms with E-state index < -0.39 is 129 Å². The van der Waals surface area contributed by atoms with Crippen LogP contribution in [0.15, 0.2) is 41.2 Å². The summed E-state index contributed by atoms with van der Waals surface area (Å²) in [6.45, 7) is 4.40. The molecule has 1 saturated carbocycles. The van der Waals surface area contributed by atoms with Crippen LogP contribution in [0, 0.1) is 36.8 Å². The van der Waals surface area contributed by atoms with Crippen molar-refractivity contribution in [2.24, 2.45) is 5.92 Å². The first-order chi connectivity index (χ1) is 29.8. The van der Waals surface area contributed by atoms with Gasteiger partial charge in [0.25, 0.3) is 17.9 Å². The zero-order chi connectivity index (χ0) is 47.0. The summed E-state index contributed by atoms with van der Waals surface area (Å²) in [5.74, 6) is -11.9. The van der Waals surface area contributed by atoms with Crippen LogP contribution in [0.2, 0.25) is 5.02 Å². The van der Waals surface area contributed by atoms with Crippen molar-refractivity contribution in [2.75, 3.05) is 6.26 Å². The minimum atomic E-state index is -3.86. The first kappa shape index (κ1) is 46.7. The number of benzene rings is 2. The van der Waals surface area contributed by atoms with E-state index in [2.05, 4.69) is 15.4 Å². The van der Waals surface area contributed by atoms with Crippen LogP contribution in [0.1, 0.15) is 109 Å². The van der Waals surface area contributed by atoms with Gasteiger partial charge >= 0.3 is 0 Å². The third kappa shape index (κ3) is 8.78. The number of nitrogens with one attached hydrogen (secondary N) is 2. The zero-order valence-corrected chi connectivity index (χ0v) is 36.6. The van der Waals surface area contributed by atoms with Gasteiger partial charge in [-0.05, 0) is 87.1 Å². The molecule has 64 heavy (non-hydrogen) atoms. The maximum Gasteiger partial charge on any atom is 0.292 e. The Bertz CT molecular complexity index is 2880. The van der Waals surface area contributed by atoms with Crippen molar-refractivity contribution in [2.45, 2.75) is 108 Å². The number of carbonyl (C=O) groups excluding carboxylic acids is 1. The molecule has 342 valence electrons. The van der Waals surface area contributed by atoms with Gasteiger partial charge in [0.15, 0.2) is 15.5 Å². The first-order valence-corrected chi connectivity index (χ1v) is 22.5. The Balaban J connectivity index is 1.46. The lowest BCUT2D eigenvalue weighted by atomic mass is 9.84. The van der Waals surface area contributed by atoms with Crippen LogP contribution >= 0.6 is 11.6 Å². The fourth-order valence-corrected chi connectivity index (χ4v) is 9.52. The Labute approximate surface area is 366 Å². The molecule has 0 aliphatic heterocycles. The number of halogens is 9. The average molecular weight is 940 g/mol. The number of aromatic nitrogens is 5. The maximum atomic E-state index is 15.5. The van der Waals surface area contributed by atoms with Crippen molar-refractivity contribution in [1.82, 2.24) is 29.6 Å². The molecule has 2 aliphatic rings. The van der Waals surface area contributed by atoms with Crippen molar-refractivity contribution in [1.29, 1.82) is 5.41 Å². The van der Waals surface area contributed by atoms with Gasteiger partial charge in [-0.3, -0.25) is 18.8 Å². The summed E-state index contributed by atoms with van der Waals surface area (Å²) in [7, 11) is -3.86. The highest BCUT2D eigenvalue weighted by Crippen LogP contribution is 2.48. The molecule has 11 nitrogen and oxygen atoms in total. The summed E-state index contributed by atoms with van der Waals surface area (Å²) in [5.41, 5.74) is -3.13. The van der Waals surface area contributed by atoms with Gasteiger partial charge in [0.2, 0.25) is 11.8 Å². The predicted molar refractivity (Wildman–Crippen MR) is 222 cm³/mol. The monoisotopic (exact) mass is 939 g/mol. The van der Waals surface area contributed by atoms with Gasteiger partial charge in [0.1, 0.15) is 40.6 Å². The Kier molecular flexibility index (Phi) is 12.4. The van der Waals surface area contributed by atoms with Crippen LogP contribution in [-0.2, 0) is 39.9 Å². The smallest absolute Gasteiger partial charge is 0.292 e. The molecule has 7 rings (SSSR count). The normalized spacial score (nSPS) is 18.3. The van der Waals surface area contributed by atoms with Crippen molar-refractivity contribution in [3.63, 3.8) is 0 Å². The van der Waals surface area contributed by atoms with Crippen molar-refractivity contribution in [3.05, 3.63) is 114 Å². The fraction of sp³-hybridized carbons (Fsp3) is 0.442. The van der Waals surface area contributed by atoms with Crippen LogP contribution in [0.4, 0.5) is 35.1 Å². The Morgan fingerprint density at radius 1 is 1.03 bits per heavy atom. The lowest BCUT2D eigenvalue weighted by molar-refractivity contribution is -0.123. The SMILES string of the molecule is Cc1c(-n2c(C(Cc3cc(F)cc(F)c3)NC(=O)Cn3nc(C(F)F)c4c3C(F)(F)C(C)C4)nc3nc(C4CCC(F)(F)CC4)cc(C)c3c2=O)ccc(Cl)c1C(=N)C(C)S(C)(=O)=O. The summed E-state index contributed by atoms with van der Waals surface area (Å²) in [4.78, 5) is 38.6. The molecule has 21 heteroatoms. The molecule has 3 heterocycles. The molecule has 2 N–H and O–H groups in total. The number of aryl methyl sites for hydroxylation is 1. The average Bonchev–Trinajstić information content (AvgIpc) is 3.65. The number of carbonyl (C=O) groups is 1. The largest absolute Gasteiger partial charge is 0.344 e. The quantitative estimate of drug-likeness (QED) is 0.0936. The number of amides is 1. The van der Waals surface area contributed by atoms with E-state index in [0.717, 1.165) is 29.9 Å². The van der Waals surface area contributed by atoms with Gasteiger partial charge < -0.3 is 10.7 Å². The van der Waals surface area contributed by atoms with E-state index in [9.17, 15) is 39.6 Å². The fourth-order valence-electron chi connectivity index (χ4n) is 8.67. The summed E-state index contributed by atoms with van der Waals surface area (Å²) in [6.07, 6.45) is -4.02. The second kappa shape index (κ2) is 17.0. The number of fused-ring (bicyclic) bond motifs is 2. The molecule has 0 bridgehead atoms. The molecule has 5 aromatic rings. The number of rotatable bonds is 12. The van der Waals surface area contributed by atoms with E-state index in [1.807, 2.05) is 0 Å². The molecule has 2 aromatic carbocycles.